The van der Waals surface area contributed by atoms with Gasteiger partial charge in [-0.25, -0.2) is 9.78 Å². The number of fused-ring (bicyclic) bond motifs is 2. The van der Waals surface area contributed by atoms with Crippen LogP contribution in [0.1, 0.15) is 39.3 Å². The van der Waals surface area contributed by atoms with Crippen LogP contribution >= 0.6 is 11.3 Å². The van der Waals surface area contributed by atoms with Gasteiger partial charge in [0.1, 0.15) is 11.1 Å². The van der Waals surface area contributed by atoms with Gasteiger partial charge in [0.05, 0.1) is 22.8 Å². The molecule has 1 aliphatic carbocycles. The fourth-order valence-electron chi connectivity index (χ4n) is 3.20. The summed E-state index contributed by atoms with van der Waals surface area (Å²) < 4.78 is 5.05. The quantitative estimate of drug-likeness (QED) is 0.684. The van der Waals surface area contributed by atoms with Crippen LogP contribution in [0, 0.1) is 11.3 Å². The first-order chi connectivity index (χ1) is 13.7. The highest BCUT2D eigenvalue weighted by Crippen LogP contribution is 2.37. The van der Waals surface area contributed by atoms with Crippen LogP contribution in [-0.2, 0) is 22.4 Å². The molecule has 0 atom stereocenters. The number of benzene rings is 1. The number of hydrogen-bond acceptors (Lipinski definition) is 7. The average Bonchev–Trinajstić information content (AvgIpc) is 3.08. The third-order valence-electron chi connectivity index (χ3n) is 4.53. The molecule has 0 fully saturated rings. The van der Waals surface area contributed by atoms with Crippen LogP contribution in [0.4, 0.5) is 5.00 Å². The van der Waals surface area contributed by atoms with Crippen molar-refractivity contribution >= 4 is 39.2 Å². The minimum Gasteiger partial charge on any atom is -0.451 e. The standard InChI is InChI=1S/C20H16N4O3S/c21-9-13-12-5-1-4-8-17(12)28-19(13)24-18(25)11-27-20(26)16-10-22-14-6-2-3-7-15(14)23-16/h2-3,6-7,10H,1,4-5,8,11H2,(H,24,25). The Morgan fingerprint density at radius 2 is 2.00 bits per heavy atom. The van der Waals surface area contributed by atoms with Gasteiger partial charge in [-0.2, -0.15) is 5.26 Å². The molecule has 2 aromatic heterocycles. The Kier molecular flexibility index (Phi) is 5.00. The second-order valence-corrected chi connectivity index (χ2v) is 7.50. The number of carbonyl (C=O) groups excluding carboxylic acids is 2. The van der Waals surface area contributed by atoms with E-state index in [-0.39, 0.29) is 5.69 Å². The third kappa shape index (κ3) is 3.57. The second kappa shape index (κ2) is 7.74. The zero-order valence-electron chi connectivity index (χ0n) is 14.9. The maximum Gasteiger partial charge on any atom is 0.359 e. The van der Waals surface area contributed by atoms with Crippen LogP contribution < -0.4 is 5.32 Å². The zero-order chi connectivity index (χ0) is 19.5. The molecule has 8 heteroatoms. The van der Waals surface area contributed by atoms with E-state index in [1.165, 1.54) is 17.5 Å². The number of rotatable bonds is 4. The van der Waals surface area contributed by atoms with E-state index in [9.17, 15) is 14.9 Å². The maximum atomic E-state index is 12.2. The number of nitrogens with one attached hydrogen (secondary N) is 1. The molecule has 1 aliphatic rings. The molecule has 140 valence electrons. The molecule has 0 saturated heterocycles. The van der Waals surface area contributed by atoms with Crippen molar-refractivity contribution < 1.29 is 14.3 Å². The molecule has 0 bridgehead atoms. The molecular formula is C20H16N4O3S. The summed E-state index contributed by atoms with van der Waals surface area (Å²) >= 11 is 1.43. The van der Waals surface area contributed by atoms with Gasteiger partial charge in [0.25, 0.3) is 5.91 Å². The van der Waals surface area contributed by atoms with Crippen molar-refractivity contribution in [1.29, 1.82) is 5.26 Å². The van der Waals surface area contributed by atoms with E-state index < -0.39 is 18.5 Å². The van der Waals surface area contributed by atoms with Gasteiger partial charge in [0, 0.05) is 4.88 Å². The molecule has 28 heavy (non-hydrogen) atoms. The summed E-state index contributed by atoms with van der Waals surface area (Å²) in [5, 5.41) is 12.7. The number of nitrogens with zero attached hydrogens (tertiary/aromatic N) is 3. The minimum atomic E-state index is -0.723. The fourth-order valence-corrected chi connectivity index (χ4v) is 4.45. The Hall–Kier alpha value is -3.31. The van der Waals surface area contributed by atoms with Gasteiger partial charge in [-0.3, -0.25) is 9.78 Å². The van der Waals surface area contributed by atoms with Gasteiger partial charge >= 0.3 is 5.97 Å². The lowest BCUT2D eigenvalue weighted by Crippen LogP contribution is -2.21. The molecule has 1 amide bonds. The monoisotopic (exact) mass is 392 g/mol. The molecule has 1 aromatic carbocycles. The Labute approximate surface area is 165 Å². The van der Waals surface area contributed by atoms with Gasteiger partial charge in [0.2, 0.25) is 0 Å². The first-order valence-electron chi connectivity index (χ1n) is 8.89. The number of hydrogen-bond donors (Lipinski definition) is 1. The van der Waals surface area contributed by atoms with E-state index in [2.05, 4.69) is 21.4 Å². The van der Waals surface area contributed by atoms with Gasteiger partial charge in [-0.15, -0.1) is 11.3 Å². The average molecular weight is 392 g/mol. The van der Waals surface area contributed by atoms with Crippen LogP contribution in [0.15, 0.2) is 30.5 Å². The number of amides is 1. The van der Waals surface area contributed by atoms with Crippen molar-refractivity contribution in [1.82, 2.24) is 9.97 Å². The van der Waals surface area contributed by atoms with E-state index in [1.807, 2.05) is 6.07 Å². The predicted molar refractivity (Wildman–Crippen MR) is 104 cm³/mol. The molecule has 2 heterocycles. The highest BCUT2D eigenvalue weighted by atomic mass is 32.1. The molecule has 1 N–H and O–H groups in total. The maximum absolute atomic E-state index is 12.2. The molecule has 3 aromatic rings. The van der Waals surface area contributed by atoms with Crippen molar-refractivity contribution in [2.24, 2.45) is 0 Å². The van der Waals surface area contributed by atoms with E-state index in [0.29, 0.717) is 21.6 Å². The SMILES string of the molecule is N#Cc1c(NC(=O)COC(=O)c2cnc3ccccc3n2)sc2c1CCCC2. The molecule has 0 spiro atoms. The number of ether oxygens (including phenoxy) is 1. The zero-order valence-corrected chi connectivity index (χ0v) is 15.7. The Morgan fingerprint density at radius 3 is 2.82 bits per heavy atom. The molecule has 0 unspecified atom stereocenters. The van der Waals surface area contributed by atoms with Gasteiger partial charge in [-0.1, -0.05) is 12.1 Å². The summed E-state index contributed by atoms with van der Waals surface area (Å²) in [6.07, 6.45) is 5.26. The number of para-hydroxylation sites is 2. The Bertz CT molecular complexity index is 1120. The van der Waals surface area contributed by atoms with Crippen LogP contribution in [0.5, 0.6) is 0 Å². The number of aryl methyl sites for hydroxylation is 1. The second-order valence-electron chi connectivity index (χ2n) is 6.40. The largest absolute Gasteiger partial charge is 0.451 e. The van der Waals surface area contributed by atoms with Crippen molar-refractivity contribution in [2.75, 3.05) is 11.9 Å². The van der Waals surface area contributed by atoms with Crippen molar-refractivity contribution in [3.05, 3.63) is 52.2 Å². The van der Waals surface area contributed by atoms with E-state index >= 15 is 0 Å². The number of esters is 1. The first kappa shape index (κ1) is 18.1. The van der Waals surface area contributed by atoms with E-state index in [0.717, 1.165) is 36.1 Å². The summed E-state index contributed by atoms with van der Waals surface area (Å²) in [6.45, 7) is -0.458. The van der Waals surface area contributed by atoms with Crippen molar-refractivity contribution in [2.45, 2.75) is 25.7 Å². The lowest BCUT2D eigenvalue weighted by atomic mass is 9.96. The number of nitriles is 1. The first-order valence-corrected chi connectivity index (χ1v) is 9.71. The molecular weight excluding hydrogens is 376 g/mol. The summed E-state index contributed by atoms with van der Waals surface area (Å²) in [5.41, 5.74) is 2.85. The number of thiophene rings is 1. The van der Waals surface area contributed by atoms with E-state index in [1.54, 1.807) is 18.2 Å². The van der Waals surface area contributed by atoms with Crippen LogP contribution in [-0.4, -0.2) is 28.5 Å². The third-order valence-corrected chi connectivity index (χ3v) is 5.74. The predicted octanol–water partition coefficient (Wildman–Crippen LogP) is 3.24. The topological polar surface area (TPSA) is 105 Å². The van der Waals surface area contributed by atoms with Crippen molar-refractivity contribution in [3.63, 3.8) is 0 Å². The summed E-state index contributed by atoms with van der Waals surface area (Å²) in [6, 6.07) is 9.35. The van der Waals surface area contributed by atoms with Crippen LogP contribution in [0.3, 0.4) is 0 Å². The van der Waals surface area contributed by atoms with Crippen molar-refractivity contribution in [3.8, 4) is 6.07 Å². The molecule has 0 saturated carbocycles. The summed E-state index contributed by atoms with van der Waals surface area (Å²) in [4.78, 5) is 33.9. The number of carbonyl (C=O) groups is 2. The Balaban J connectivity index is 1.41. The van der Waals surface area contributed by atoms with Crippen LogP contribution in [0.2, 0.25) is 0 Å². The summed E-state index contributed by atoms with van der Waals surface area (Å²) in [7, 11) is 0. The van der Waals surface area contributed by atoms with E-state index in [4.69, 9.17) is 4.74 Å². The van der Waals surface area contributed by atoms with Crippen LogP contribution in [0.25, 0.3) is 11.0 Å². The fraction of sp³-hybridized carbons (Fsp3) is 0.250. The molecule has 4 rings (SSSR count). The van der Waals surface area contributed by atoms with Gasteiger partial charge < -0.3 is 10.1 Å². The van der Waals surface area contributed by atoms with Gasteiger partial charge in [-0.05, 0) is 43.4 Å². The lowest BCUT2D eigenvalue weighted by Gasteiger charge is -2.09. The van der Waals surface area contributed by atoms with Gasteiger partial charge in [0.15, 0.2) is 12.3 Å². The lowest BCUT2D eigenvalue weighted by molar-refractivity contribution is -0.119. The molecule has 7 nitrogen and oxygen atoms in total. The molecule has 0 aliphatic heterocycles. The number of anilines is 1. The summed E-state index contributed by atoms with van der Waals surface area (Å²) in [5.74, 6) is -1.21. The smallest absolute Gasteiger partial charge is 0.359 e. The normalized spacial score (nSPS) is 12.8. The Morgan fingerprint density at radius 1 is 1.21 bits per heavy atom. The number of aromatic nitrogens is 2. The molecule has 0 radical (unpaired) electrons. The highest BCUT2D eigenvalue weighted by molar-refractivity contribution is 7.16. The highest BCUT2D eigenvalue weighted by Gasteiger charge is 2.22. The minimum absolute atomic E-state index is 0.0378.